The van der Waals surface area contributed by atoms with Crippen LogP contribution in [0, 0.1) is 5.92 Å². The van der Waals surface area contributed by atoms with Crippen molar-refractivity contribution in [2.24, 2.45) is 17.4 Å². The van der Waals surface area contributed by atoms with Gasteiger partial charge >= 0.3 is 11.9 Å². The number of aromatic amines is 1. The van der Waals surface area contributed by atoms with Crippen LogP contribution < -0.4 is 38.1 Å². The zero-order valence-electron chi connectivity index (χ0n) is 32.5. The van der Waals surface area contributed by atoms with Gasteiger partial charge in [0.1, 0.15) is 36.3 Å². The van der Waals surface area contributed by atoms with Crippen LogP contribution in [0.15, 0.2) is 30.5 Å². The Hall–Kier alpha value is -6.09. The third kappa shape index (κ3) is 12.7. The number of likely N-dealkylation sites (tertiary alicyclic amines) is 1. The number of amides is 7. The first kappa shape index (κ1) is 46.3. The van der Waals surface area contributed by atoms with Crippen LogP contribution in [-0.2, 0) is 49.6 Å². The molecule has 0 bridgehead atoms. The van der Waals surface area contributed by atoms with Crippen LogP contribution in [0.4, 0.5) is 0 Å². The summed E-state index contributed by atoms with van der Waals surface area (Å²) in [5, 5.41) is 41.3. The van der Waals surface area contributed by atoms with Gasteiger partial charge in [0.05, 0.1) is 19.1 Å². The van der Waals surface area contributed by atoms with E-state index in [1.807, 2.05) is 0 Å². The Morgan fingerprint density at radius 2 is 1.52 bits per heavy atom. The molecular formula is C37H53N9O12. The van der Waals surface area contributed by atoms with Crippen molar-refractivity contribution in [3.63, 3.8) is 0 Å². The van der Waals surface area contributed by atoms with Gasteiger partial charge in [-0.25, -0.2) is 0 Å². The molecule has 1 fully saturated rings. The molecule has 1 saturated heterocycles. The van der Waals surface area contributed by atoms with Gasteiger partial charge in [-0.3, -0.25) is 43.2 Å². The van der Waals surface area contributed by atoms with Gasteiger partial charge in [0, 0.05) is 36.5 Å². The number of nitrogens with zero attached hydrogens (tertiary/aromatic N) is 1. The van der Waals surface area contributed by atoms with Crippen LogP contribution in [0.5, 0.6) is 0 Å². The maximum Gasteiger partial charge on any atom is 0.325 e. The number of aromatic nitrogens is 1. The van der Waals surface area contributed by atoms with E-state index in [0.717, 1.165) is 12.4 Å². The van der Waals surface area contributed by atoms with Crippen molar-refractivity contribution in [3.8, 4) is 0 Å². The first-order chi connectivity index (χ1) is 27.4. The molecule has 2 heterocycles. The van der Waals surface area contributed by atoms with Crippen LogP contribution in [0.1, 0.15) is 64.9 Å². The number of aliphatic carboxylic acids is 2. The van der Waals surface area contributed by atoms with Crippen molar-refractivity contribution in [2.45, 2.75) is 108 Å². The summed E-state index contributed by atoms with van der Waals surface area (Å²) in [7, 11) is 0. The quantitative estimate of drug-likeness (QED) is 0.0579. The second kappa shape index (κ2) is 21.4. The van der Waals surface area contributed by atoms with Gasteiger partial charge in [-0.15, -0.1) is 0 Å². The predicted octanol–water partition coefficient (Wildman–Crippen LogP) is -2.66. The third-order valence-electron chi connectivity index (χ3n) is 9.93. The number of benzene rings is 1. The van der Waals surface area contributed by atoms with Crippen molar-refractivity contribution in [2.75, 3.05) is 13.2 Å². The number of para-hydroxylation sites is 1. The average Bonchev–Trinajstić information content (AvgIpc) is 3.84. The number of hydrogen-bond acceptors (Lipinski definition) is 11. The van der Waals surface area contributed by atoms with Crippen LogP contribution >= 0.6 is 0 Å². The number of hydrogen-bond donors (Lipinski definition) is 11. The summed E-state index contributed by atoms with van der Waals surface area (Å²) in [6.07, 6.45) is 1.04. The summed E-state index contributed by atoms with van der Waals surface area (Å²) in [5.74, 6) is -9.09. The minimum absolute atomic E-state index is 0.137. The molecule has 8 atom stereocenters. The highest BCUT2D eigenvalue weighted by Crippen LogP contribution is 2.23. The number of fused-ring (bicyclic) bond motifs is 1. The smallest absolute Gasteiger partial charge is 0.325 e. The van der Waals surface area contributed by atoms with E-state index in [9.17, 15) is 53.4 Å². The molecule has 58 heavy (non-hydrogen) atoms. The lowest BCUT2D eigenvalue weighted by molar-refractivity contribution is -0.143. The van der Waals surface area contributed by atoms with Crippen molar-refractivity contribution in [3.05, 3.63) is 36.0 Å². The first-order valence-electron chi connectivity index (χ1n) is 18.8. The molecule has 318 valence electrons. The first-order valence-corrected chi connectivity index (χ1v) is 18.8. The fourth-order valence-electron chi connectivity index (χ4n) is 6.38. The topological polar surface area (TPSA) is 346 Å². The Labute approximate surface area is 333 Å². The lowest BCUT2D eigenvalue weighted by atomic mass is 9.96. The minimum atomic E-state index is -1.72. The van der Waals surface area contributed by atoms with Gasteiger partial charge in [-0.1, -0.05) is 38.5 Å². The Morgan fingerprint density at radius 1 is 0.879 bits per heavy atom. The van der Waals surface area contributed by atoms with Gasteiger partial charge in [0.2, 0.25) is 41.4 Å². The number of carbonyl (C=O) groups is 9. The molecule has 7 amide bonds. The maximum absolute atomic E-state index is 14.0. The van der Waals surface area contributed by atoms with E-state index in [1.54, 1.807) is 44.3 Å². The van der Waals surface area contributed by atoms with E-state index in [1.165, 1.54) is 4.90 Å². The second-order valence-electron chi connectivity index (χ2n) is 14.3. The highest BCUT2D eigenvalue weighted by Gasteiger charge is 2.41. The largest absolute Gasteiger partial charge is 0.481 e. The Bertz CT molecular complexity index is 1850. The summed E-state index contributed by atoms with van der Waals surface area (Å²) in [5.41, 5.74) is 12.3. The van der Waals surface area contributed by atoms with E-state index in [4.69, 9.17) is 16.6 Å². The van der Waals surface area contributed by atoms with E-state index < -0.39 is 127 Å². The number of rotatable bonds is 22. The molecule has 0 unspecified atom stereocenters. The fraction of sp³-hybridized carbons (Fsp3) is 0.541. The number of nitrogens with one attached hydrogen (secondary N) is 6. The monoisotopic (exact) mass is 815 g/mol. The van der Waals surface area contributed by atoms with Crippen molar-refractivity contribution in [1.82, 2.24) is 36.5 Å². The zero-order chi connectivity index (χ0) is 43.3. The molecule has 21 heteroatoms. The summed E-state index contributed by atoms with van der Waals surface area (Å²) < 4.78 is 0. The van der Waals surface area contributed by atoms with Crippen LogP contribution in [0.2, 0.25) is 0 Å². The van der Waals surface area contributed by atoms with Gasteiger partial charge in [-0.2, -0.15) is 0 Å². The lowest BCUT2D eigenvalue weighted by Crippen LogP contribution is -2.61. The van der Waals surface area contributed by atoms with E-state index >= 15 is 0 Å². The minimum Gasteiger partial charge on any atom is -0.481 e. The molecule has 0 spiro atoms. The molecule has 21 nitrogen and oxygen atoms in total. The van der Waals surface area contributed by atoms with E-state index in [2.05, 4.69) is 31.6 Å². The van der Waals surface area contributed by atoms with E-state index in [0.29, 0.717) is 23.8 Å². The maximum atomic E-state index is 14.0. The molecule has 1 aromatic carbocycles. The summed E-state index contributed by atoms with van der Waals surface area (Å²) in [4.78, 5) is 119. The highest BCUT2D eigenvalue weighted by molar-refractivity contribution is 5.98. The molecule has 0 saturated carbocycles. The predicted molar refractivity (Wildman–Crippen MR) is 205 cm³/mol. The number of aliphatic hydroxyl groups excluding tert-OH is 1. The molecule has 1 aliphatic rings. The number of carboxylic acid groups (broad SMARTS) is 2. The molecule has 3 rings (SSSR count). The fourth-order valence-corrected chi connectivity index (χ4v) is 6.38. The van der Waals surface area contributed by atoms with Gasteiger partial charge in [-0.05, 0) is 43.7 Å². The van der Waals surface area contributed by atoms with E-state index in [-0.39, 0.29) is 19.4 Å². The molecule has 1 aromatic heterocycles. The second-order valence-corrected chi connectivity index (χ2v) is 14.3. The summed E-state index contributed by atoms with van der Waals surface area (Å²) in [6, 6.07) is -2.48. The number of carbonyl (C=O) groups excluding carboxylic acids is 7. The number of carboxylic acids is 2. The molecule has 2 aromatic rings. The standard InChI is InChI=1S/C37H53N9O12/c1-4-18(2)30(45-31(51)22(38)15-28(39)48)36(56)46-13-7-10-27(46)35(55)43-25(14-20-16-40-23-9-6-5-8-21(20)23)33(53)44-26(17-47)34(54)42-24(11-12-29(49)50)32(52)41-19(3)37(57)58/h5-6,8-9,16,18-19,22,24-27,30,40,47H,4,7,10-15,17,38H2,1-3H3,(H2,39,48)(H,41,52)(H,42,54)(H,43,55)(H,44,53)(H,45,51)(H,49,50)(H,57,58)/t18-,19-,22-,24-,25-,26-,27-,30-/m0/s1. The Balaban J connectivity index is 1.87. The molecule has 1 aliphatic heterocycles. The SMILES string of the molecule is CC[C@H](C)[C@H](NC(=O)[C@@H](N)CC(N)=O)C(=O)N1CCC[C@H]1C(=O)N[C@@H](Cc1c[nH]c2ccccc12)C(=O)N[C@@H](CO)C(=O)N[C@@H](CCC(=O)O)C(=O)N[C@@H](C)C(=O)O. The summed E-state index contributed by atoms with van der Waals surface area (Å²) >= 11 is 0. The zero-order valence-corrected chi connectivity index (χ0v) is 32.5. The van der Waals surface area contributed by atoms with Crippen LogP contribution in [0.3, 0.4) is 0 Å². The highest BCUT2D eigenvalue weighted by atomic mass is 16.4. The number of primary amides is 1. The van der Waals surface area contributed by atoms with Crippen molar-refractivity contribution >= 4 is 64.2 Å². The molecular weight excluding hydrogens is 762 g/mol. The van der Waals surface area contributed by atoms with Crippen molar-refractivity contribution < 1.29 is 58.5 Å². The van der Waals surface area contributed by atoms with Crippen LogP contribution in [-0.4, -0.2) is 134 Å². The number of aliphatic hydroxyl groups is 1. The lowest BCUT2D eigenvalue weighted by Gasteiger charge is -2.32. The molecule has 0 radical (unpaired) electrons. The third-order valence-corrected chi connectivity index (χ3v) is 9.93. The van der Waals surface area contributed by atoms with Gasteiger partial charge < -0.3 is 63.3 Å². The van der Waals surface area contributed by atoms with Gasteiger partial charge in [0.15, 0.2) is 0 Å². The van der Waals surface area contributed by atoms with Crippen LogP contribution in [0.25, 0.3) is 10.9 Å². The molecule has 0 aliphatic carbocycles. The average molecular weight is 816 g/mol. The normalized spacial score (nSPS) is 17.4. The van der Waals surface area contributed by atoms with Crippen molar-refractivity contribution in [1.29, 1.82) is 0 Å². The van der Waals surface area contributed by atoms with Gasteiger partial charge in [0.25, 0.3) is 0 Å². The number of nitrogens with two attached hydrogens (primary N) is 2. The Morgan fingerprint density at radius 3 is 2.14 bits per heavy atom. The summed E-state index contributed by atoms with van der Waals surface area (Å²) in [6.45, 7) is 3.82. The number of H-pyrrole nitrogens is 1. The Kier molecular flexibility index (Phi) is 17.1. The molecule has 13 N–H and O–H groups in total.